The molecule has 200 valence electrons. The fraction of sp³-hybridized carbons (Fsp3) is 0.935. The Labute approximate surface area is 207 Å². The highest BCUT2D eigenvalue weighted by atomic mass is 14.1. The van der Waals surface area contributed by atoms with Crippen LogP contribution in [0.25, 0.3) is 0 Å². The van der Waals surface area contributed by atoms with Crippen molar-refractivity contribution >= 4 is 0 Å². The van der Waals surface area contributed by atoms with Crippen molar-refractivity contribution in [2.24, 2.45) is 17.8 Å². The molecule has 0 radical (unpaired) electrons. The molecular formula is C31H76. The van der Waals surface area contributed by atoms with Crippen molar-refractivity contribution in [2.75, 3.05) is 0 Å². The van der Waals surface area contributed by atoms with Gasteiger partial charge >= 0.3 is 0 Å². The van der Waals surface area contributed by atoms with Crippen LogP contribution < -0.4 is 0 Å². The Kier molecular flexibility index (Phi) is 68.1. The number of hydrogen-bond donors (Lipinski definition) is 0. The second-order valence-electron chi connectivity index (χ2n) is 8.87. The Hall–Kier alpha value is -0.260. The molecule has 0 aromatic rings. The predicted molar refractivity (Wildman–Crippen MR) is 160 cm³/mol. The minimum Gasteiger partial charge on any atom is -0.0914 e. The lowest BCUT2D eigenvalue weighted by molar-refractivity contribution is 0.518. The molecule has 0 bridgehead atoms. The Morgan fingerprint density at radius 3 is 1.29 bits per heavy atom. The van der Waals surface area contributed by atoms with E-state index in [1.807, 2.05) is 27.7 Å². The molecule has 1 atom stereocenters. The summed E-state index contributed by atoms with van der Waals surface area (Å²) in [5.74, 6) is 2.58. The van der Waals surface area contributed by atoms with Crippen LogP contribution in [0.1, 0.15) is 177 Å². The number of allylic oxidation sites excluding steroid dienone is 2. The van der Waals surface area contributed by atoms with E-state index < -0.39 is 0 Å². The summed E-state index contributed by atoms with van der Waals surface area (Å²) >= 11 is 0. The van der Waals surface area contributed by atoms with Crippen molar-refractivity contribution in [3.63, 3.8) is 0 Å². The van der Waals surface area contributed by atoms with E-state index in [1.165, 1.54) is 77.0 Å². The average molecular weight is 449 g/mol. The molecule has 0 aromatic carbocycles. The second kappa shape index (κ2) is 47.5. The Morgan fingerprint density at radius 1 is 0.613 bits per heavy atom. The monoisotopic (exact) mass is 449 g/mol. The van der Waals surface area contributed by atoms with Crippen molar-refractivity contribution in [1.29, 1.82) is 0 Å². The third-order valence-corrected chi connectivity index (χ3v) is 4.30. The minimum absolute atomic E-state index is 0. The highest BCUT2D eigenvalue weighted by Gasteiger charge is 1.99. The van der Waals surface area contributed by atoms with Crippen LogP contribution in [-0.4, -0.2) is 0 Å². The standard InChI is InChI=1S/C12H24.C10H22.C4H10.2C2H6.CH4.2H2/c1-4-7-8-9-11-12(6-3)10-5-2;1-4-5-6-7-8-9-10(2)3;1-4(2)3;2*1-2;;;/h5,10,12H,4,6-9,11H2,1-3H3;10H,4-9H2,1-3H3;4H,1-3H3;2*1-2H3;1H4;2*1H/b10-5+;;;;;;;. The molecule has 0 saturated heterocycles. The molecule has 0 aromatic heterocycles. The summed E-state index contributed by atoms with van der Waals surface area (Å²) in [4.78, 5) is 0. The van der Waals surface area contributed by atoms with Crippen LogP contribution in [-0.2, 0) is 0 Å². The molecule has 0 heteroatoms. The second-order valence-corrected chi connectivity index (χ2v) is 8.87. The number of hydrogen-bond acceptors (Lipinski definition) is 0. The summed E-state index contributed by atoms with van der Waals surface area (Å²) in [6, 6.07) is 0. The summed E-state index contributed by atoms with van der Waals surface area (Å²) < 4.78 is 0. The Morgan fingerprint density at radius 2 is 0.968 bits per heavy atom. The van der Waals surface area contributed by atoms with Crippen LogP contribution in [0.3, 0.4) is 0 Å². The minimum atomic E-state index is 0. The van der Waals surface area contributed by atoms with Gasteiger partial charge < -0.3 is 0 Å². The normalized spacial score (nSPS) is 10.4. The van der Waals surface area contributed by atoms with Gasteiger partial charge in [-0.2, -0.15) is 0 Å². The van der Waals surface area contributed by atoms with Gasteiger partial charge in [-0.3, -0.25) is 0 Å². The number of unbranched alkanes of at least 4 members (excludes halogenated alkanes) is 7. The van der Waals surface area contributed by atoms with Crippen molar-refractivity contribution < 1.29 is 2.85 Å². The van der Waals surface area contributed by atoms with E-state index in [9.17, 15) is 0 Å². The molecule has 0 nitrogen and oxygen atoms in total. The first-order valence-electron chi connectivity index (χ1n) is 14.0. The molecule has 0 aliphatic heterocycles. The molecule has 0 N–H and O–H groups in total. The zero-order valence-electron chi connectivity index (χ0n) is 24.4. The lowest BCUT2D eigenvalue weighted by Crippen LogP contribution is -1.93. The molecule has 0 heterocycles. The van der Waals surface area contributed by atoms with Crippen LogP contribution >= 0.6 is 0 Å². The first-order chi connectivity index (χ1) is 14.3. The highest BCUT2D eigenvalue weighted by molar-refractivity contribution is 4.84. The van der Waals surface area contributed by atoms with E-state index in [-0.39, 0.29) is 10.3 Å². The van der Waals surface area contributed by atoms with E-state index in [0.717, 1.165) is 17.8 Å². The van der Waals surface area contributed by atoms with E-state index in [1.54, 1.807) is 0 Å². The molecule has 31 heavy (non-hydrogen) atoms. The summed E-state index contributed by atoms with van der Waals surface area (Å²) in [6.07, 6.45) is 21.4. The van der Waals surface area contributed by atoms with Crippen LogP contribution in [0.5, 0.6) is 0 Å². The van der Waals surface area contributed by atoms with Crippen LogP contribution in [0.15, 0.2) is 12.2 Å². The topological polar surface area (TPSA) is 0 Å². The molecule has 0 amide bonds. The highest BCUT2D eigenvalue weighted by Crippen LogP contribution is 2.15. The Bertz CT molecular complexity index is 245. The molecule has 0 rings (SSSR count). The van der Waals surface area contributed by atoms with Gasteiger partial charge in [0, 0.05) is 2.85 Å². The van der Waals surface area contributed by atoms with Gasteiger partial charge in [-0.05, 0) is 37.5 Å². The fourth-order valence-corrected chi connectivity index (χ4v) is 2.70. The summed E-state index contributed by atoms with van der Waals surface area (Å²) in [6.45, 7) is 28.0. The molecule has 1 unspecified atom stereocenters. The van der Waals surface area contributed by atoms with Gasteiger partial charge in [0.05, 0.1) is 0 Å². The lowest BCUT2D eigenvalue weighted by Gasteiger charge is -2.08. The summed E-state index contributed by atoms with van der Waals surface area (Å²) in [5.41, 5.74) is 0. The van der Waals surface area contributed by atoms with E-state index in [2.05, 4.69) is 74.5 Å². The van der Waals surface area contributed by atoms with Crippen LogP contribution in [0, 0.1) is 17.8 Å². The van der Waals surface area contributed by atoms with Gasteiger partial charge in [0.2, 0.25) is 0 Å². The van der Waals surface area contributed by atoms with Gasteiger partial charge in [-0.25, -0.2) is 0 Å². The maximum atomic E-state index is 2.35. The van der Waals surface area contributed by atoms with E-state index in [0.29, 0.717) is 0 Å². The molecule has 0 saturated carbocycles. The molecular weight excluding hydrogens is 372 g/mol. The number of rotatable bonds is 13. The lowest BCUT2D eigenvalue weighted by atomic mass is 9.98. The first kappa shape index (κ1) is 44.4. The molecule has 0 aliphatic carbocycles. The van der Waals surface area contributed by atoms with Gasteiger partial charge in [-0.15, -0.1) is 0 Å². The van der Waals surface area contributed by atoms with Crippen LogP contribution in [0.2, 0.25) is 0 Å². The summed E-state index contributed by atoms with van der Waals surface area (Å²) in [5, 5.41) is 0. The average Bonchev–Trinajstić information content (AvgIpc) is 2.73. The predicted octanol–water partition coefficient (Wildman–Crippen LogP) is 13.4. The molecule has 0 fully saturated rings. The summed E-state index contributed by atoms with van der Waals surface area (Å²) in [7, 11) is 0. The van der Waals surface area contributed by atoms with Crippen molar-refractivity contribution in [3.05, 3.63) is 12.2 Å². The van der Waals surface area contributed by atoms with Crippen molar-refractivity contribution in [1.82, 2.24) is 0 Å². The van der Waals surface area contributed by atoms with Gasteiger partial charge in [0.1, 0.15) is 0 Å². The SMILES string of the molecule is C.C/C=C/C(CC)CCCCCC.CC.CC.CC(C)C.CCCCCCCC(C)C.[HH].[HH]. The maximum absolute atomic E-state index is 2.35. The zero-order valence-corrected chi connectivity index (χ0v) is 24.4. The fourth-order valence-electron chi connectivity index (χ4n) is 2.70. The zero-order chi connectivity index (χ0) is 24.6. The van der Waals surface area contributed by atoms with Gasteiger partial charge in [-0.1, -0.05) is 167 Å². The van der Waals surface area contributed by atoms with Crippen molar-refractivity contribution in [2.45, 2.75) is 174 Å². The van der Waals surface area contributed by atoms with Gasteiger partial charge in [0.25, 0.3) is 0 Å². The van der Waals surface area contributed by atoms with Gasteiger partial charge in [0.15, 0.2) is 0 Å². The third kappa shape index (κ3) is 72.7. The molecule has 0 spiro atoms. The maximum Gasteiger partial charge on any atom is 0 e. The first-order valence-corrected chi connectivity index (χ1v) is 14.0. The van der Waals surface area contributed by atoms with Crippen molar-refractivity contribution in [3.8, 4) is 0 Å². The third-order valence-electron chi connectivity index (χ3n) is 4.30. The largest absolute Gasteiger partial charge is 0.0914 e. The smallest absolute Gasteiger partial charge is 0 e. The Balaban J connectivity index is -0.0000000451. The van der Waals surface area contributed by atoms with Crippen LogP contribution in [0.4, 0.5) is 0 Å². The molecule has 0 aliphatic rings. The quantitative estimate of drug-likeness (QED) is 0.194. The van der Waals surface area contributed by atoms with E-state index >= 15 is 0 Å². The van der Waals surface area contributed by atoms with E-state index in [4.69, 9.17) is 0 Å².